The topological polar surface area (TPSA) is 20.2 Å². The van der Waals surface area contributed by atoms with Crippen LogP contribution >= 0.6 is 0 Å². The fourth-order valence-electron chi connectivity index (χ4n) is 3.57. The number of halogens is 4. The molecular formula is C14H22F4O. The first-order valence-electron chi connectivity index (χ1n) is 7.25. The first-order valence-corrected chi connectivity index (χ1v) is 7.25. The molecule has 1 unspecified atom stereocenters. The van der Waals surface area contributed by atoms with E-state index in [2.05, 4.69) is 0 Å². The minimum Gasteiger partial charge on any atom is -0.389 e. The van der Waals surface area contributed by atoms with Crippen molar-refractivity contribution in [1.29, 1.82) is 0 Å². The van der Waals surface area contributed by atoms with Crippen molar-refractivity contribution in [2.24, 2.45) is 5.92 Å². The predicted molar refractivity (Wildman–Crippen MR) is 64.5 cm³/mol. The van der Waals surface area contributed by atoms with Gasteiger partial charge in [-0.15, -0.1) is 0 Å². The van der Waals surface area contributed by atoms with Gasteiger partial charge >= 0.3 is 11.8 Å². The van der Waals surface area contributed by atoms with Crippen molar-refractivity contribution in [3.8, 4) is 0 Å². The van der Waals surface area contributed by atoms with Gasteiger partial charge in [-0.05, 0) is 31.6 Å². The molecule has 2 saturated carbocycles. The Kier molecular flexibility index (Phi) is 4.15. The Balaban J connectivity index is 2.17. The lowest BCUT2D eigenvalue weighted by Crippen LogP contribution is -2.47. The summed E-state index contributed by atoms with van der Waals surface area (Å²) in [5.74, 6) is -8.33. The lowest BCUT2D eigenvalue weighted by atomic mass is 9.76. The van der Waals surface area contributed by atoms with Crippen LogP contribution in [0.2, 0.25) is 0 Å². The summed E-state index contributed by atoms with van der Waals surface area (Å²) in [6.07, 6.45) is 3.36. The predicted octanol–water partition coefficient (Wildman–Crippen LogP) is 4.53. The number of hydrogen-bond acceptors (Lipinski definition) is 1. The van der Waals surface area contributed by atoms with E-state index in [-0.39, 0.29) is 18.8 Å². The van der Waals surface area contributed by atoms with Crippen LogP contribution < -0.4 is 0 Å². The van der Waals surface area contributed by atoms with Crippen LogP contribution in [0.15, 0.2) is 0 Å². The van der Waals surface area contributed by atoms with Crippen molar-refractivity contribution in [2.75, 3.05) is 0 Å². The van der Waals surface area contributed by atoms with Gasteiger partial charge in [-0.1, -0.05) is 25.7 Å². The van der Waals surface area contributed by atoms with Gasteiger partial charge in [-0.2, -0.15) is 17.6 Å². The maximum absolute atomic E-state index is 13.7. The molecule has 0 saturated heterocycles. The molecule has 2 fully saturated rings. The summed E-state index contributed by atoms with van der Waals surface area (Å²) in [6.45, 7) is 0. The SMILES string of the molecule is OC1(C2CCCCCC2)CCCC(F)(F)C(F)(F)C1. The van der Waals surface area contributed by atoms with Crippen LogP contribution in [0, 0.1) is 5.92 Å². The molecule has 0 heterocycles. The third-order valence-electron chi connectivity index (χ3n) is 4.78. The van der Waals surface area contributed by atoms with Gasteiger partial charge in [-0.25, -0.2) is 0 Å². The van der Waals surface area contributed by atoms with Gasteiger partial charge in [0.05, 0.1) is 5.60 Å². The number of hydrogen-bond donors (Lipinski definition) is 1. The molecule has 2 aliphatic rings. The number of rotatable bonds is 1. The summed E-state index contributed by atoms with van der Waals surface area (Å²) < 4.78 is 54.1. The number of alkyl halides is 4. The lowest BCUT2D eigenvalue weighted by molar-refractivity contribution is -0.230. The van der Waals surface area contributed by atoms with Crippen LogP contribution in [-0.4, -0.2) is 22.6 Å². The van der Waals surface area contributed by atoms with Gasteiger partial charge in [0.25, 0.3) is 0 Å². The lowest BCUT2D eigenvalue weighted by Gasteiger charge is -2.37. The molecule has 19 heavy (non-hydrogen) atoms. The van der Waals surface area contributed by atoms with Crippen molar-refractivity contribution in [3.05, 3.63) is 0 Å². The number of aliphatic hydroxyl groups is 1. The molecule has 1 N–H and O–H groups in total. The highest BCUT2D eigenvalue weighted by molar-refractivity contribution is 4.99. The highest BCUT2D eigenvalue weighted by atomic mass is 19.3. The largest absolute Gasteiger partial charge is 0.389 e. The molecule has 1 nitrogen and oxygen atoms in total. The molecule has 0 aromatic heterocycles. The minimum absolute atomic E-state index is 0.0322. The van der Waals surface area contributed by atoms with Gasteiger partial charge in [-0.3, -0.25) is 0 Å². The van der Waals surface area contributed by atoms with Crippen molar-refractivity contribution in [3.63, 3.8) is 0 Å². The quantitative estimate of drug-likeness (QED) is 0.553. The van der Waals surface area contributed by atoms with Crippen LogP contribution in [0.3, 0.4) is 0 Å². The zero-order valence-corrected chi connectivity index (χ0v) is 11.1. The maximum atomic E-state index is 13.7. The molecule has 0 aromatic rings. The van der Waals surface area contributed by atoms with Crippen LogP contribution in [0.1, 0.15) is 64.2 Å². The Morgan fingerprint density at radius 2 is 1.32 bits per heavy atom. The standard InChI is InChI=1S/C14H22F4O/c15-13(16)9-5-8-12(19,10-14(13,17)18)11-6-3-1-2-4-7-11/h11,19H,1-10H2. The van der Waals surface area contributed by atoms with Crippen LogP contribution in [0.5, 0.6) is 0 Å². The van der Waals surface area contributed by atoms with Crippen LogP contribution in [0.4, 0.5) is 17.6 Å². The average molecular weight is 282 g/mol. The summed E-state index contributed by atoms with van der Waals surface area (Å²) in [5, 5.41) is 10.6. The first kappa shape index (κ1) is 15.1. The highest BCUT2D eigenvalue weighted by Crippen LogP contribution is 2.50. The van der Waals surface area contributed by atoms with Gasteiger partial charge in [0, 0.05) is 12.8 Å². The van der Waals surface area contributed by atoms with Crippen molar-refractivity contribution >= 4 is 0 Å². The summed E-state index contributed by atoms with van der Waals surface area (Å²) in [7, 11) is 0. The molecule has 0 aliphatic heterocycles. The third-order valence-corrected chi connectivity index (χ3v) is 4.78. The Bertz CT molecular complexity index is 311. The van der Waals surface area contributed by atoms with E-state index in [9.17, 15) is 22.7 Å². The normalized spacial score (nSPS) is 36.5. The van der Waals surface area contributed by atoms with Crippen molar-refractivity contribution in [2.45, 2.75) is 81.7 Å². The van der Waals surface area contributed by atoms with E-state index < -0.39 is 30.3 Å². The molecule has 0 spiro atoms. The van der Waals surface area contributed by atoms with Crippen LogP contribution in [0.25, 0.3) is 0 Å². The van der Waals surface area contributed by atoms with E-state index in [0.29, 0.717) is 12.8 Å². The molecule has 2 rings (SSSR count). The summed E-state index contributed by atoms with van der Waals surface area (Å²) >= 11 is 0. The van der Waals surface area contributed by atoms with E-state index in [4.69, 9.17) is 0 Å². The molecule has 0 aromatic carbocycles. The van der Waals surface area contributed by atoms with Gasteiger partial charge in [0.15, 0.2) is 0 Å². The van der Waals surface area contributed by atoms with Gasteiger partial charge < -0.3 is 5.11 Å². The van der Waals surface area contributed by atoms with E-state index in [1.165, 1.54) is 0 Å². The van der Waals surface area contributed by atoms with Gasteiger partial charge in [0.2, 0.25) is 0 Å². The Morgan fingerprint density at radius 1 is 0.737 bits per heavy atom. The molecule has 0 amide bonds. The summed E-state index contributed by atoms with van der Waals surface area (Å²) in [4.78, 5) is 0. The monoisotopic (exact) mass is 282 g/mol. The molecule has 0 radical (unpaired) electrons. The van der Waals surface area contributed by atoms with Crippen LogP contribution in [-0.2, 0) is 0 Å². The van der Waals surface area contributed by atoms with E-state index in [1.54, 1.807) is 0 Å². The Morgan fingerprint density at radius 3 is 1.89 bits per heavy atom. The van der Waals surface area contributed by atoms with E-state index >= 15 is 0 Å². The average Bonchev–Trinajstić information content (AvgIpc) is 2.59. The molecule has 1 atom stereocenters. The Labute approximate surface area is 111 Å². The third kappa shape index (κ3) is 3.06. The highest BCUT2D eigenvalue weighted by Gasteiger charge is 2.61. The van der Waals surface area contributed by atoms with E-state index in [1.807, 2.05) is 0 Å². The first-order chi connectivity index (χ1) is 8.77. The minimum atomic E-state index is -4.09. The Hall–Kier alpha value is -0.320. The smallest absolute Gasteiger partial charge is 0.312 e. The molecule has 2 aliphatic carbocycles. The van der Waals surface area contributed by atoms with Crippen molar-refractivity contribution < 1.29 is 22.7 Å². The fourth-order valence-corrected chi connectivity index (χ4v) is 3.57. The molecule has 5 heteroatoms. The fraction of sp³-hybridized carbons (Fsp3) is 1.00. The zero-order chi connectivity index (χ0) is 14.1. The summed E-state index contributed by atoms with van der Waals surface area (Å²) in [5.41, 5.74) is -1.62. The molecule has 112 valence electrons. The second kappa shape index (κ2) is 5.23. The van der Waals surface area contributed by atoms with Gasteiger partial charge in [0.1, 0.15) is 0 Å². The van der Waals surface area contributed by atoms with E-state index in [0.717, 1.165) is 25.7 Å². The second-order valence-electron chi connectivity index (χ2n) is 6.23. The summed E-state index contributed by atoms with van der Waals surface area (Å²) in [6, 6.07) is 0. The van der Waals surface area contributed by atoms with Crippen molar-refractivity contribution in [1.82, 2.24) is 0 Å². The second-order valence-corrected chi connectivity index (χ2v) is 6.23. The maximum Gasteiger partial charge on any atom is 0.312 e. The molecular weight excluding hydrogens is 260 g/mol. The zero-order valence-electron chi connectivity index (χ0n) is 11.1. The molecule has 0 bridgehead atoms.